The summed E-state index contributed by atoms with van der Waals surface area (Å²) in [5.41, 5.74) is 2.60. The quantitative estimate of drug-likeness (QED) is 0.771. The highest BCUT2D eigenvalue weighted by molar-refractivity contribution is 8.04. The van der Waals surface area contributed by atoms with Gasteiger partial charge in [0.05, 0.1) is 23.4 Å². The van der Waals surface area contributed by atoms with Gasteiger partial charge in [-0.05, 0) is 18.6 Å². The largest absolute Gasteiger partial charge is 0.469 e. The molecule has 2 aliphatic heterocycles. The van der Waals surface area contributed by atoms with Crippen LogP contribution in [0, 0.1) is 0 Å². The maximum Gasteiger partial charge on any atom is 0.305 e. The van der Waals surface area contributed by atoms with E-state index in [-0.39, 0.29) is 11.2 Å². The van der Waals surface area contributed by atoms with Gasteiger partial charge in [-0.3, -0.25) is 14.8 Å². The molecule has 118 valence electrons. The van der Waals surface area contributed by atoms with Crippen molar-refractivity contribution in [3.63, 3.8) is 0 Å². The molecule has 1 unspecified atom stereocenters. The number of methoxy groups -OCH3 is 1. The van der Waals surface area contributed by atoms with E-state index in [1.54, 1.807) is 24.2 Å². The number of benzene rings is 1. The Bertz CT molecular complexity index is 753. The second-order valence-electron chi connectivity index (χ2n) is 5.04. The number of aliphatic imine (C=N–C) groups is 2. The molecule has 0 fully saturated rings. The van der Waals surface area contributed by atoms with Gasteiger partial charge in [-0.2, -0.15) is 0 Å². The second-order valence-corrected chi connectivity index (χ2v) is 6.69. The predicted octanol–water partition coefficient (Wildman–Crippen LogP) is 4.12. The molecule has 2 heterocycles. The molecule has 0 radical (unpaired) electrons. The fraction of sp³-hybridized carbons (Fsp3) is 0.235. The fourth-order valence-corrected chi connectivity index (χ4v) is 3.88. The van der Waals surface area contributed by atoms with Crippen molar-refractivity contribution in [2.24, 2.45) is 9.98 Å². The van der Waals surface area contributed by atoms with Crippen LogP contribution in [0.4, 0.5) is 0 Å². The molecular weight excluding hydrogens is 332 g/mol. The number of carbonyl (C=O) groups is 1. The van der Waals surface area contributed by atoms with Crippen molar-refractivity contribution in [2.45, 2.75) is 18.1 Å². The smallest absolute Gasteiger partial charge is 0.305 e. The first-order chi connectivity index (χ1) is 11.2. The van der Waals surface area contributed by atoms with Crippen LogP contribution in [0.1, 0.15) is 18.4 Å². The van der Waals surface area contributed by atoms with Gasteiger partial charge >= 0.3 is 5.97 Å². The minimum Gasteiger partial charge on any atom is -0.469 e. The van der Waals surface area contributed by atoms with Crippen molar-refractivity contribution in [3.05, 3.63) is 51.5 Å². The lowest BCUT2D eigenvalue weighted by molar-refractivity contribution is -0.140. The fourth-order valence-electron chi connectivity index (χ4n) is 2.41. The molecule has 0 bridgehead atoms. The van der Waals surface area contributed by atoms with E-state index in [1.165, 1.54) is 7.11 Å². The van der Waals surface area contributed by atoms with E-state index in [2.05, 4.69) is 16.1 Å². The number of esters is 1. The lowest BCUT2D eigenvalue weighted by Crippen LogP contribution is -2.04. The Morgan fingerprint density at radius 2 is 2.09 bits per heavy atom. The maximum atomic E-state index is 11.3. The summed E-state index contributed by atoms with van der Waals surface area (Å²) in [6, 6.07) is 7.64. The molecule has 3 rings (SSSR count). The van der Waals surface area contributed by atoms with Crippen LogP contribution in [0.3, 0.4) is 0 Å². The Balaban J connectivity index is 1.90. The molecule has 2 aliphatic rings. The number of halogens is 1. The Labute approximate surface area is 144 Å². The highest BCUT2D eigenvalue weighted by Crippen LogP contribution is 2.45. The molecule has 4 nitrogen and oxygen atoms in total. The van der Waals surface area contributed by atoms with E-state index in [0.29, 0.717) is 17.9 Å². The molecule has 0 spiro atoms. The van der Waals surface area contributed by atoms with Crippen molar-refractivity contribution < 1.29 is 9.53 Å². The van der Waals surface area contributed by atoms with Gasteiger partial charge in [-0.1, -0.05) is 29.8 Å². The van der Waals surface area contributed by atoms with E-state index < -0.39 is 0 Å². The summed E-state index contributed by atoms with van der Waals surface area (Å²) >= 11 is 7.99. The molecule has 6 heteroatoms. The Hall–Kier alpha value is -1.85. The van der Waals surface area contributed by atoms with Crippen molar-refractivity contribution in [3.8, 4) is 0 Å². The van der Waals surface area contributed by atoms with Gasteiger partial charge in [0.25, 0.3) is 0 Å². The van der Waals surface area contributed by atoms with Crippen LogP contribution in [0.5, 0.6) is 0 Å². The minimum absolute atomic E-state index is 0.182. The van der Waals surface area contributed by atoms with Crippen LogP contribution in [0.15, 0.2) is 50.9 Å². The predicted molar refractivity (Wildman–Crippen MR) is 96.1 cm³/mol. The van der Waals surface area contributed by atoms with E-state index in [1.807, 2.05) is 24.3 Å². The number of fused-ring (bicyclic) bond motifs is 1. The third kappa shape index (κ3) is 3.57. The van der Waals surface area contributed by atoms with E-state index >= 15 is 0 Å². The normalized spacial score (nSPS) is 19.4. The van der Waals surface area contributed by atoms with E-state index in [9.17, 15) is 4.79 Å². The summed E-state index contributed by atoms with van der Waals surface area (Å²) < 4.78 is 4.70. The first-order valence-electron chi connectivity index (χ1n) is 7.20. The van der Waals surface area contributed by atoms with Crippen molar-refractivity contribution in [1.29, 1.82) is 0 Å². The SMILES string of the molecule is COC(=O)CCC1C=C2N=CC=NC(c3ccccc3Cl)=C2S1. The monoisotopic (exact) mass is 346 g/mol. The lowest BCUT2D eigenvalue weighted by Gasteiger charge is -2.10. The number of nitrogens with zero attached hydrogens (tertiary/aromatic N) is 2. The number of carbonyl (C=O) groups excluding carboxylic acids is 1. The van der Waals surface area contributed by atoms with Crippen LogP contribution >= 0.6 is 23.4 Å². The molecular formula is C17H15ClN2O2S. The second kappa shape index (κ2) is 7.15. The average Bonchev–Trinajstić information content (AvgIpc) is 2.87. The first kappa shape index (κ1) is 16.0. The van der Waals surface area contributed by atoms with Gasteiger partial charge in [0.1, 0.15) is 0 Å². The molecule has 0 amide bonds. The molecule has 0 N–H and O–H groups in total. The lowest BCUT2D eigenvalue weighted by atomic mass is 10.1. The molecule has 23 heavy (non-hydrogen) atoms. The highest BCUT2D eigenvalue weighted by Gasteiger charge is 2.27. The first-order valence-corrected chi connectivity index (χ1v) is 8.46. The Morgan fingerprint density at radius 3 is 2.87 bits per heavy atom. The standard InChI is InChI=1S/C17H15ClN2O2S/c1-22-15(21)7-6-11-10-14-17(23-11)16(20-9-8-19-14)12-4-2-3-5-13(12)18/h2-5,8-11H,6-7H2,1H3. The summed E-state index contributed by atoms with van der Waals surface area (Å²) in [6.07, 6.45) is 6.53. The summed E-state index contributed by atoms with van der Waals surface area (Å²) in [7, 11) is 1.41. The van der Waals surface area contributed by atoms with Gasteiger partial charge in [0.2, 0.25) is 0 Å². The molecule has 1 atom stereocenters. The van der Waals surface area contributed by atoms with Gasteiger partial charge in [0, 0.05) is 34.7 Å². The molecule has 1 aromatic rings. The van der Waals surface area contributed by atoms with Gasteiger partial charge in [-0.25, -0.2) is 0 Å². The summed E-state index contributed by atoms with van der Waals surface area (Å²) in [5.74, 6) is -0.196. The van der Waals surface area contributed by atoms with Crippen LogP contribution in [-0.4, -0.2) is 30.8 Å². The van der Waals surface area contributed by atoms with Crippen LogP contribution < -0.4 is 0 Å². The molecule has 1 aromatic carbocycles. The molecule has 0 aliphatic carbocycles. The third-order valence-corrected chi connectivity index (χ3v) is 5.18. The number of thioether (sulfide) groups is 1. The van der Waals surface area contributed by atoms with E-state index in [0.717, 1.165) is 21.9 Å². The maximum absolute atomic E-state index is 11.3. The minimum atomic E-state index is -0.196. The van der Waals surface area contributed by atoms with Crippen LogP contribution in [0.25, 0.3) is 5.70 Å². The third-order valence-electron chi connectivity index (χ3n) is 3.53. The number of ether oxygens (including phenoxy) is 1. The van der Waals surface area contributed by atoms with Crippen molar-refractivity contribution in [1.82, 2.24) is 0 Å². The zero-order chi connectivity index (χ0) is 16.2. The molecule has 0 saturated carbocycles. The molecule has 0 saturated heterocycles. The van der Waals surface area contributed by atoms with Crippen molar-refractivity contribution in [2.75, 3.05) is 7.11 Å². The van der Waals surface area contributed by atoms with Gasteiger partial charge < -0.3 is 4.74 Å². The van der Waals surface area contributed by atoms with Crippen LogP contribution in [0.2, 0.25) is 5.02 Å². The van der Waals surface area contributed by atoms with Gasteiger partial charge in [-0.15, -0.1) is 11.8 Å². The van der Waals surface area contributed by atoms with E-state index in [4.69, 9.17) is 16.3 Å². The topological polar surface area (TPSA) is 51.0 Å². The summed E-state index contributed by atoms with van der Waals surface area (Å²) in [5, 5.41) is 0.842. The molecule has 0 aromatic heterocycles. The number of hydrogen-bond donors (Lipinski definition) is 0. The Kier molecular flexibility index (Phi) is 4.98. The zero-order valence-electron chi connectivity index (χ0n) is 12.5. The van der Waals surface area contributed by atoms with Gasteiger partial charge in [0.15, 0.2) is 0 Å². The number of rotatable bonds is 4. The highest BCUT2D eigenvalue weighted by atomic mass is 35.5. The van der Waals surface area contributed by atoms with Crippen molar-refractivity contribution >= 4 is 47.5 Å². The summed E-state index contributed by atoms with van der Waals surface area (Å²) in [4.78, 5) is 21.3. The van der Waals surface area contributed by atoms with Crippen LogP contribution in [-0.2, 0) is 9.53 Å². The number of hydrogen-bond acceptors (Lipinski definition) is 5. The zero-order valence-corrected chi connectivity index (χ0v) is 14.1. The average molecular weight is 347 g/mol. The Morgan fingerprint density at radius 1 is 1.30 bits per heavy atom. The summed E-state index contributed by atoms with van der Waals surface area (Å²) in [6.45, 7) is 0.